The highest BCUT2D eigenvalue weighted by molar-refractivity contribution is 5.14. The van der Waals surface area contributed by atoms with Crippen LogP contribution in [0.3, 0.4) is 0 Å². The quantitative estimate of drug-likeness (QED) is 0.840. The van der Waals surface area contributed by atoms with Gasteiger partial charge >= 0.3 is 0 Å². The average molecular weight is 219 g/mol. The zero-order chi connectivity index (χ0) is 11.5. The van der Waals surface area contributed by atoms with E-state index in [0.717, 1.165) is 6.54 Å². The molecule has 1 aromatic rings. The molecule has 0 aromatic carbocycles. The van der Waals surface area contributed by atoms with Crippen molar-refractivity contribution in [1.82, 2.24) is 15.2 Å². The van der Waals surface area contributed by atoms with Crippen molar-refractivity contribution in [2.24, 2.45) is 0 Å². The van der Waals surface area contributed by atoms with Gasteiger partial charge in [0.15, 0.2) is 0 Å². The summed E-state index contributed by atoms with van der Waals surface area (Å²) in [5.74, 6) is 0. The molecule has 0 aliphatic carbocycles. The van der Waals surface area contributed by atoms with E-state index in [0.29, 0.717) is 18.1 Å². The van der Waals surface area contributed by atoms with Crippen molar-refractivity contribution in [1.29, 1.82) is 0 Å². The SMILES string of the molecule is CC1CC(N[C@@H](C)c2ccncc2)CN1C. The first-order valence-electron chi connectivity index (χ1n) is 6.03. The molecule has 1 aliphatic rings. The van der Waals surface area contributed by atoms with Crippen LogP contribution in [-0.2, 0) is 0 Å². The van der Waals surface area contributed by atoms with Gasteiger partial charge in [0.25, 0.3) is 0 Å². The fraction of sp³-hybridized carbons (Fsp3) is 0.615. The maximum atomic E-state index is 4.05. The molecule has 2 unspecified atom stereocenters. The van der Waals surface area contributed by atoms with E-state index in [-0.39, 0.29) is 0 Å². The Morgan fingerprint density at radius 2 is 2.12 bits per heavy atom. The molecule has 3 nitrogen and oxygen atoms in total. The lowest BCUT2D eigenvalue weighted by Crippen LogP contribution is -2.33. The summed E-state index contributed by atoms with van der Waals surface area (Å²) < 4.78 is 0. The van der Waals surface area contributed by atoms with Crippen LogP contribution in [0, 0.1) is 0 Å². The molecule has 1 fully saturated rings. The number of nitrogens with zero attached hydrogens (tertiary/aromatic N) is 2. The van der Waals surface area contributed by atoms with E-state index >= 15 is 0 Å². The van der Waals surface area contributed by atoms with Gasteiger partial charge in [-0.15, -0.1) is 0 Å². The summed E-state index contributed by atoms with van der Waals surface area (Å²) in [5, 5.41) is 3.69. The smallest absolute Gasteiger partial charge is 0.0296 e. The molecule has 3 atom stereocenters. The molecule has 88 valence electrons. The maximum absolute atomic E-state index is 4.05. The van der Waals surface area contributed by atoms with Crippen LogP contribution in [0.15, 0.2) is 24.5 Å². The molecule has 0 amide bonds. The Morgan fingerprint density at radius 1 is 1.44 bits per heavy atom. The first kappa shape index (κ1) is 11.6. The van der Waals surface area contributed by atoms with Gasteiger partial charge in [-0.25, -0.2) is 0 Å². The number of rotatable bonds is 3. The summed E-state index contributed by atoms with van der Waals surface area (Å²) in [7, 11) is 2.20. The molecule has 2 rings (SSSR count). The van der Waals surface area contributed by atoms with Crippen LogP contribution in [-0.4, -0.2) is 35.6 Å². The number of hydrogen-bond donors (Lipinski definition) is 1. The van der Waals surface area contributed by atoms with Crippen LogP contribution in [0.5, 0.6) is 0 Å². The summed E-state index contributed by atoms with van der Waals surface area (Å²) >= 11 is 0. The first-order valence-corrected chi connectivity index (χ1v) is 6.03. The minimum atomic E-state index is 0.409. The monoisotopic (exact) mass is 219 g/mol. The minimum absolute atomic E-state index is 0.409. The minimum Gasteiger partial charge on any atom is -0.306 e. The van der Waals surface area contributed by atoms with Crippen LogP contribution in [0.25, 0.3) is 0 Å². The maximum Gasteiger partial charge on any atom is 0.0296 e. The van der Waals surface area contributed by atoms with Gasteiger partial charge in [-0.2, -0.15) is 0 Å². The molecule has 1 aliphatic heterocycles. The van der Waals surface area contributed by atoms with E-state index in [4.69, 9.17) is 0 Å². The third-order valence-corrected chi connectivity index (χ3v) is 3.58. The molecule has 2 heterocycles. The van der Waals surface area contributed by atoms with Crippen molar-refractivity contribution in [3.63, 3.8) is 0 Å². The van der Waals surface area contributed by atoms with E-state index in [2.05, 4.69) is 48.2 Å². The molecule has 1 N–H and O–H groups in total. The second kappa shape index (κ2) is 4.93. The third-order valence-electron chi connectivity index (χ3n) is 3.58. The number of hydrogen-bond acceptors (Lipinski definition) is 3. The zero-order valence-electron chi connectivity index (χ0n) is 10.4. The number of likely N-dealkylation sites (N-methyl/N-ethyl adjacent to an activating group) is 1. The largest absolute Gasteiger partial charge is 0.306 e. The Balaban J connectivity index is 1.91. The molecule has 3 heteroatoms. The van der Waals surface area contributed by atoms with Gasteiger partial charge in [-0.1, -0.05) is 0 Å². The molecular formula is C13H21N3. The van der Waals surface area contributed by atoms with Crippen LogP contribution in [0.1, 0.15) is 31.9 Å². The Hall–Kier alpha value is -0.930. The summed E-state index contributed by atoms with van der Waals surface area (Å²) in [6, 6.07) is 5.89. The molecular weight excluding hydrogens is 198 g/mol. The van der Waals surface area contributed by atoms with E-state index < -0.39 is 0 Å². The van der Waals surface area contributed by atoms with Gasteiger partial charge in [0, 0.05) is 37.1 Å². The molecule has 16 heavy (non-hydrogen) atoms. The van der Waals surface area contributed by atoms with Gasteiger partial charge in [-0.3, -0.25) is 4.98 Å². The van der Waals surface area contributed by atoms with Gasteiger partial charge in [0.05, 0.1) is 0 Å². The van der Waals surface area contributed by atoms with E-state index in [1.807, 2.05) is 12.4 Å². The predicted molar refractivity (Wildman–Crippen MR) is 66.3 cm³/mol. The van der Waals surface area contributed by atoms with Gasteiger partial charge < -0.3 is 10.2 Å². The lowest BCUT2D eigenvalue weighted by atomic mass is 10.1. The molecule has 1 saturated heterocycles. The molecule has 1 aromatic heterocycles. The summed E-state index contributed by atoms with van der Waals surface area (Å²) in [4.78, 5) is 6.46. The standard InChI is InChI=1S/C13H21N3/c1-10-8-13(9-16(10)3)15-11(2)12-4-6-14-7-5-12/h4-7,10-11,13,15H,8-9H2,1-3H3/t10?,11-,13?/m0/s1. The Morgan fingerprint density at radius 3 is 2.69 bits per heavy atom. The predicted octanol–water partition coefficient (Wildman–Crippen LogP) is 1.82. The number of aromatic nitrogens is 1. The van der Waals surface area contributed by atoms with Gasteiger partial charge in [0.1, 0.15) is 0 Å². The van der Waals surface area contributed by atoms with Crippen molar-refractivity contribution < 1.29 is 0 Å². The van der Waals surface area contributed by atoms with Crippen LogP contribution in [0.4, 0.5) is 0 Å². The first-order chi connectivity index (χ1) is 7.66. The normalized spacial score (nSPS) is 28.2. The van der Waals surface area contributed by atoms with E-state index in [9.17, 15) is 0 Å². The summed E-state index contributed by atoms with van der Waals surface area (Å²) in [6.07, 6.45) is 4.96. The fourth-order valence-corrected chi connectivity index (χ4v) is 2.42. The van der Waals surface area contributed by atoms with Crippen LogP contribution >= 0.6 is 0 Å². The second-order valence-corrected chi connectivity index (χ2v) is 4.89. The van der Waals surface area contributed by atoms with Crippen molar-refractivity contribution >= 4 is 0 Å². The van der Waals surface area contributed by atoms with Crippen LogP contribution in [0.2, 0.25) is 0 Å². The average Bonchev–Trinajstić information content (AvgIpc) is 2.59. The zero-order valence-corrected chi connectivity index (χ0v) is 10.4. The highest BCUT2D eigenvalue weighted by Gasteiger charge is 2.26. The Kier molecular flexibility index (Phi) is 3.56. The number of pyridine rings is 1. The van der Waals surface area contributed by atoms with Crippen LogP contribution < -0.4 is 5.32 Å². The highest BCUT2D eigenvalue weighted by atomic mass is 15.2. The topological polar surface area (TPSA) is 28.2 Å². The van der Waals surface area contributed by atoms with Crippen molar-refractivity contribution in [3.05, 3.63) is 30.1 Å². The van der Waals surface area contributed by atoms with Crippen molar-refractivity contribution in [2.45, 2.75) is 38.4 Å². The Labute approximate surface area is 97.9 Å². The lowest BCUT2D eigenvalue weighted by molar-refractivity contribution is 0.325. The molecule has 0 saturated carbocycles. The van der Waals surface area contributed by atoms with E-state index in [1.165, 1.54) is 12.0 Å². The second-order valence-electron chi connectivity index (χ2n) is 4.89. The molecule has 0 bridgehead atoms. The highest BCUT2D eigenvalue weighted by Crippen LogP contribution is 2.19. The number of nitrogens with one attached hydrogen (secondary N) is 1. The summed E-state index contributed by atoms with van der Waals surface area (Å²) in [6.45, 7) is 5.66. The molecule has 0 spiro atoms. The van der Waals surface area contributed by atoms with Gasteiger partial charge in [-0.05, 0) is 45.0 Å². The fourth-order valence-electron chi connectivity index (χ4n) is 2.42. The van der Waals surface area contributed by atoms with Gasteiger partial charge in [0.2, 0.25) is 0 Å². The van der Waals surface area contributed by atoms with Crippen molar-refractivity contribution in [3.8, 4) is 0 Å². The van der Waals surface area contributed by atoms with Crippen molar-refractivity contribution in [2.75, 3.05) is 13.6 Å². The molecule has 0 radical (unpaired) electrons. The lowest BCUT2D eigenvalue weighted by Gasteiger charge is -2.19. The summed E-state index contributed by atoms with van der Waals surface area (Å²) in [5.41, 5.74) is 1.32. The van der Waals surface area contributed by atoms with E-state index in [1.54, 1.807) is 0 Å². The third kappa shape index (κ3) is 2.60. The Bertz CT molecular complexity index is 315. The number of likely N-dealkylation sites (tertiary alicyclic amines) is 1.